The second-order valence-electron chi connectivity index (χ2n) is 5.75. The molecule has 0 aliphatic heterocycles. The van der Waals surface area contributed by atoms with E-state index in [-0.39, 0.29) is 5.91 Å². The maximum atomic E-state index is 12.2. The van der Waals surface area contributed by atoms with Crippen molar-refractivity contribution < 1.29 is 9.53 Å². The summed E-state index contributed by atoms with van der Waals surface area (Å²) in [6.45, 7) is 7.39. The van der Waals surface area contributed by atoms with Crippen LogP contribution in [0.2, 0.25) is 5.02 Å². The van der Waals surface area contributed by atoms with Gasteiger partial charge in [-0.3, -0.25) is 4.79 Å². The number of rotatable bonds is 6. The quantitative estimate of drug-likeness (QED) is 0.874. The number of halogens is 1. The Hall–Kier alpha value is -1.73. The summed E-state index contributed by atoms with van der Waals surface area (Å²) < 4.78 is 5.55. The van der Waals surface area contributed by atoms with Gasteiger partial charge in [-0.05, 0) is 50.5 Å². The van der Waals surface area contributed by atoms with Crippen LogP contribution in [0.15, 0.2) is 24.3 Å². The molecule has 0 aliphatic rings. The molecule has 1 aromatic carbocycles. The second-order valence-corrected chi connectivity index (χ2v) is 6.18. The van der Waals surface area contributed by atoms with Crippen molar-refractivity contribution in [3.8, 4) is 11.8 Å². The van der Waals surface area contributed by atoms with E-state index >= 15 is 0 Å². The summed E-state index contributed by atoms with van der Waals surface area (Å²) in [6.07, 6.45) is -0.103. The molecule has 1 rings (SSSR count). The van der Waals surface area contributed by atoms with Crippen LogP contribution in [0.3, 0.4) is 0 Å². The zero-order chi connectivity index (χ0) is 16.0. The van der Waals surface area contributed by atoms with Crippen molar-refractivity contribution in [2.45, 2.75) is 45.8 Å². The minimum absolute atomic E-state index is 0.308. The van der Waals surface area contributed by atoms with Gasteiger partial charge in [0.15, 0.2) is 6.10 Å². The number of carbonyl (C=O) groups is 1. The molecule has 0 spiro atoms. The molecule has 5 heteroatoms. The van der Waals surface area contributed by atoms with Gasteiger partial charge in [-0.2, -0.15) is 5.26 Å². The lowest BCUT2D eigenvalue weighted by atomic mass is 9.92. The first-order chi connectivity index (χ1) is 9.75. The number of nitriles is 1. The molecular formula is C16H21ClN2O2. The third-order valence-corrected chi connectivity index (χ3v) is 3.21. The van der Waals surface area contributed by atoms with Crippen LogP contribution in [0.25, 0.3) is 0 Å². The minimum atomic E-state index is -0.886. The van der Waals surface area contributed by atoms with Crippen molar-refractivity contribution in [3.63, 3.8) is 0 Å². The third-order valence-electron chi connectivity index (χ3n) is 2.96. The van der Waals surface area contributed by atoms with Gasteiger partial charge >= 0.3 is 0 Å². The monoisotopic (exact) mass is 308 g/mol. The molecule has 114 valence electrons. The van der Waals surface area contributed by atoms with Gasteiger partial charge in [0.2, 0.25) is 0 Å². The van der Waals surface area contributed by atoms with Crippen molar-refractivity contribution in [1.82, 2.24) is 5.32 Å². The predicted octanol–water partition coefficient (Wildman–Crippen LogP) is 3.55. The lowest BCUT2D eigenvalue weighted by molar-refractivity contribution is -0.128. The number of hydrogen-bond acceptors (Lipinski definition) is 3. The van der Waals surface area contributed by atoms with Gasteiger partial charge < -0.3 is 10.1 Å². The largest absolute Gasteiger partial charge is 0.481 e. The van der Waals surface area contributed by atoms with E-state index in [4.69, 9.17) is 16.3 Å². The Balaban J connectivity index is 2.65. The normalized spacial score (nSPS) is 14.9. The number of hydrogen-bond donors (Lipinski definition) is 1. The molecule has 2 atom stereocenters. The zero-order valence-electron chi connectivity index (χ0n) is 12.8. The van der Waals surface area contributed by atoms with Gasteiger partial charge in [-0.1, -0.05) is 25.4 Å². The van der Waals surface area contributed by atoms with E-state index in [1.807, 2.05) is 13.8 Å². The zero-order valence-corrected chi connectivity index (χ0v) is 13.6. The highest BCUT2D eigenvalue weighted by Gasteiger charge is 2.29. The summed E-state index contributed by atoms with van der Waals surface area (Å²) in [5.74, 6) is 0.557. The Bertz CT molecular complexity index is 522. The van der Waals surface area contributed by atoms with Crippen LogP contribution in [-0.2, 0) is 4.79 Å². The molecule has 1 aromatic rings. The predicted molar refractivity (Wildman–Crippen MR) is 83.2 cm³/mol. The molecule has 0 radical (unpaired) electrons. The molecule has 0 heterocycles. The lowest BCUT2D eigenvalue weighted by Gasteiger charge is -2.27. The van der Waals surface area contributed by atoms with Crippen LogP contribution < -0.4 is 10.1 Å². The van der Waals surface area contributed by atoms with Gasteiger partial charge in [-0.25, -0.2) is 0 Å². The smallest absolute Gasteiger partial charge is 0.262 e. The number of carbonyl (C=O) groups excluding carboxylic acids is 1. The van der Waals surface area contributed by atoms with Crippen molar-refractivity contribution in [2.75, 3.05) is 0 Å². The maximum Gasteiger partial charge on any atom is 0.262 e. The molecule has 0 bridgehead atoms. The van der Waals surface area contributed by atoms with E-state index in [0.29, 0.717) is 23.1 Å². The van der Waals surface area contributed by atoms with Gasteiger partial charge in [0.1, 0.15) is 11.3 Å². The van der Waals surface area contributed by atoms with Gasteiger partial charge in [0.05, 0.1) is 6.07 Å². The number of amides is 1. The van der Waals surface area contributed by atoms with Crippen LogP contribution in [0.1, 0.15) is 34.1 Å². The van der Waals surface area contributed by atoms with Crippen LogP contribution in [0.5, 0.6) is 5.75 Å². The fraction of sp³-hybridized carbons (Fsp3) is 0.500. The highest BCUT2D eigenvalue weighted by Crippen LogP contribution is 2.18. The molecule has 1 amide bonds. The van der Waals surface area contributed by atoms with Gasteiger partial charge in [0, 0.05) is 5.02 Å². The summed E-state index contributed by atoms with van der Waals surface area (Å²) >= 11 is 5.79. The van der Waals surface area contributed by atoms with Crippen LogP contribution in [0, 0.1) is 17.2 Å². The lowest BCUT2D eigenvalue weighted by Crippen LogP contribution is -2.50. The number of benzene rings is 1. The maximum absolute atomic E-state index is 12.2. The first-order valence-corrected chi connectivity index (χ1v) is 7.29. The van der Waals surface area contributed by atoms with Gasteiger partial charge in [-0.15, -0.1) is 0 Å². The van der Waals surface area contributed by atoms with E-state index < -0.39 is 11.6 Å². The average Bonchev–Trinajstić information content (AvgIpc) is 2.40. The summed E-state index contributed by atoms with van der Waals surface area (Å²) in [6, 6.07) is 8.95. The van der Waals surface area contributed by atoms with E-state index in [0.717, 1.165) is 0 Å². The van der Waals surface area contributed by atoms with Gasteiger partial charge in [0.25, 0.3) is 5.91 Å². The van der Waals surface area contributed by atoms with Crippen molar-refractivity contribution in [1.29, 1.82) is 5.26 Å². The fourth-order valence-corrected chi connectivity index (χ4v) is 2.21. The van der Waals surface area contributed by atoms with E-state index in [1.165, 1.54) is 0 Å². The van der Waals surface area contributed by atoms with E-state index in [1.54, 1.807) is 38.1 Å². The number of ether oxygens (including phenoxy) is 1. The topological polar surface area (TPSA) is 62.1 Å². The van der Waals surface area contributed by atoms with Crippen LogP contribution >= 0.6 is 11.6 Å². The molecule has 21 heavy (non-hydrogen) atoms. The summed E-state index contributed by atoms with van der Waals surface area (Å²) in [5.41, 5.74) is -0.886. The highest BCUT2D eigenvalue weighted by atomic mass is 35.5. The van der Waals surface area contributed by atoms with E-state index in [2.05, 4.69) is 11.4 Å². The third kappa shape index (κ3) is 5.65. The molecule has 0 aliphatic carbocycles. The summed E-state index contributed by atoms with van der Waals surface area (Å²) in [5, 5.41) is 12.6. The molecule has 0 fully saturated rings. The second kappa shape index (κ2) is 7.33. The van der Waals surface area contributed by atoms with Crippen molar-refractivity contribution in [2.24, 2.45) is 5.92 Å². The number of nitrogens with zero attached hydrogens (tertiary/aromatic N) is 1. The molecule has 0 saturated heterocycles. The fourth-order valence-electron chi connectivity index (χ4n) is 2.09. The number of nitrogens with one attached hydrogen (secondary N) is 1. The van der Waals surface area contributed by atoms with Crippen molar-refractivity contribution in [3.05, 3.63) is 29.3 Å². The molecule has 1 N–H and O–H groups in total. The first kappa shape index (κ1) is 17.3. The Labute approximate surface area is 131 Å². The first-order valence-electron chi connectivity index (χ1n) is 6.91. The Morgan fingerprint density at radius 3 is 2.43 bits per heavy atom. The average molecular weight is 309 g/mol. The van der Waals surface area contributed by atoms with Crippen LogP contribution in [0.4, 0.5) is 0 Å². The Morgan fingerprint density at radius 2 is 1.95 bits per heavy atom. The van der Waals surface area contributed by atoms with E-state index in [9.17, 15) is 10.1 Å². The molecule has 0 saturated carbocycles. The van der Waals surface area contributed by atoms with Crippen LogP contribution in [-0.4, -0.2) is 17.6 Å². The summed E-state index contributed by atoms with van der Waals surface area (Å²) in [4.78, 5) is 12.2. The van der Waals surface area contributed by atoms with Crippen molar-refractivity contribution >= 4 is 17.5 Å². The standard InChI is InChI=1S/C16H21ClN2O2/c1-11(2)9-16(4,10-18)19-15(20)12(3)21-14-7-5-13(17)6-8-14/h5-8,11-12H,9H2,1-4H3,(H,19,20). The molecular weight excluding hydrogens is 288 g/mol. The molecule has 0 aromatic heterocycles. The summed E-state index contributed by atoms with van der Waals surface area (Å²) in [7, 11) is 0. The minimum Gasteiger partial charge on any atom is -0.481 e. The molecule has 4 nitrogen and oxygen atoms in total. The Kier molecular flexibility index (Phi) is 6.04. The molecule has 2 unspecified atom stereocenters. The SMILES string of the molecule is CC(C)CC(C)(C#N)NC(=O)C(C)Oc1ccc(Cl)cc1. The Morgan fingerprint density at radius 1 is 1.38 bits per heavy atom. The highest BCUT2D eigenvalue weighted by molar-refractivity contribution is 6.30.